The second-order valence-corrected chi connectivity index (χ2v) is 13.3. The summed E-state index contributed by atoms with van der Waals surface area (Å²) < 4.78 is 6.28. The SMILES string of the molecule is CC(C)C[C@H](NC(=O)C(OCc1ccccc1)c1cccc2ccccc12)[C@@H](O)CC(=O)N[C@H](C(=O)NCc1ccc(C(=O)O)cc1)C(C)C. The normalized spacial score (nSPS) is 13.7. The van der Waals surface area contributed by atoms with Gasteiger partial charge in [0.2, 0.25) is 11.8 Å². The van der Waals surface area contributed by atoms with E-state index in [9.17, 15) is 24.3 Å². The Morgan fingerprint density at radius 1 is 0.740 bits per heavy atom. The number of carboxylic acid groups (broad SMARTS) is 1. The van der Waals surface area contributed by atoms with E-state index in [0.29, 0.717) is 17.5 Å². The maximum Gasteiger partial charge on any atom is 0.335 e. The number of carbonyl (C=O) groups is 4. The second-order valence-electron chi connectivity index (χ2n) is 13.3. The molecule has 50 heavy (non-hydrogen) atoms. The van der Waals surface area contributed by atoms with Gasteiger partial charge in [0.1, 0.15) is 6.04 Å². The van der Waals surface area contributed by atoms with Crippen LogP contribution >= 0.6 is 0 Å². The molecule has 5 N–H and O–H groups in total. The number of aliphatic hydroxyl groups excluding tert-OH is 1. The highest BCUT2D eigenvalue weighted by Crippen LogP contribution is 2.28. The van der Waals surface area contributed by atoms with Gasteiger partial charge in [-0.05, 0) is 57.9 Å². The van der Waals surface area contributed by atoms with Crippen LogP contribution in [0.15, 0.2) is 97.1 Å². The predicted molar refractivity (Wildman–Crippen MR) is 192 cm³/mol. The number of aromatic carboxylic acids is 1. The molecule has 1 unspecified atom stereocenters. The Labute approximate surface area is 293 Å². The van der Waals surface area contributed by atoms with Crippen molar-refractivity contribution in [2.24, 2.45) is 11.8 Å². The van der Waals surface area contributed by atoms with E-state index in [2.05, 4.69) is 16.0 Å². The fourth-order valence-corrected chi connectivity index (χ4v) is 5.78. The smallest absolute Gasteiger partial charge is 0.335 e. The van der Waals surface area contributed by atoms with Crippen LogP contribution in [0.3, 0.4) is 0 Å². The van der Waals surface area contributed by atoms with Crippen LogP contribution < -0.4 is 16.0 Å². The van der Waals surface area contributed by atoms with Crippen molar-refractivity contribution >= 4 is 34.5 Å². The molecule has 4 rings (SSSR count). The van der Waals surface area contributed by atoms with Gasteiger partial charge in [-0.3, -0.25) is 14.4 Å². The van der Waals surface area contributed by atoms with Gasteiger partial charge in [-0.15, -0.1) is 0 Å². The zero-order chi connectivity index (χ0) is 36.2. The first kappa shape index (κ1) is 37.8. The molecule has 0 radical (unpaired) electrons. The Morgan fingerprint density at radius 3 is 2.06 bits per heavy atom. The average molecular weight is 682 g/mol. The molecule has 0 aliphatic rings. The van der Waals surface area contributed by atoms with Crippen molar-refractivity contribution in [1.82, 2.24) is 16.0 Å². The van der Waals surface area contributed by atoms with E-state index < -0.39 is 48.0 Å². The summed E-state index contributed by atoms with van der Waals surface area (Å²) in [5, 5.41) is 30.8. The molecule has 10 heteroatoms. The number of hydrogen-bond donors (Lipinski definition) is 5. The minimum atomic E-state index is -1.24. The summed E-state index contributed by atoms with van der Waals surface area (Å²) in [6, 6.07) is 27.5. The zero-order valence-electron chi connectivity index (χ0n) is 29.0. The molecule has 4 aromatic carbocycles. The van der Waals surface area contributed by atoms with E-state index >= 15 is 0 Å². The van der Waals surface area contributed by atoms with E-state index in [4.69, 9.17) is 9.84 Å². The van der Waals surface area contributed by atoms with Gasteiger partial charge in [0, 0.05) is 6.54 Å². The minimum absolute atomic E-state index is 0.0815. The number of rotatable bonds is 17. The van der Waals surface area contributed by atoms with Crippen LogP contribution in [0.4, 0.5) is 0 Å². The topological polar surface area (TPSA) is 154 Å². The van der Waals surface area contributed by atoms with E-state index in [1.165, 1.54) is 12.1 Å². The quantitative estimate of drug-likeness (QED) is 0.0982. The van der Waals surface area contributed by atoms with Crippen molar-refractivity contribution in [2.45, 2.75) is 78.0 Å². The van der Waals surface area contributed by atoms with Crippen LogP contribution in [-0.4, -0.2) is 52.1 Å². The molecule has 0 aromatic heterocycles. The van der Waals surface area contributed by atoms with Crippen LogP contribution in [0.25, 0.3) is 10.8 Å². The number of ether oxygens (including phenoxy) is 1. The number of amides is 3. The molecule has 10 nitrogen and oxygen atoms in total. The third kappa shape index (κ3) is 10.7. The number of benzene rings is 4. The Balaban J connectivity index is 1.45. The van der Waals surface area contributed by atoms with Crippen LogP contribution in [0.1, 0.15) is 73.7 Å². The fourth-order valence-electron chi connectivity index (χ4n) is 5.78. The van der Waals surface area contributed by atoms with Gasteiger partial charge in [0.05, 0.1) is 30.7 Å². The standard InChI is InChI=1S/C40H47N3O7/c1-25(2)21-33(34(44)22-35(45)43-36(26(3)4)38(46)41-23-27-17-19-30(20-18-27)40(48)49)42-39(47)37(50-24-28-11-6-5-7-12-28)32-16-10-14-29-13-8-9-15-31(29)32/h5-20,25-26,33-34,36-37,44H,21-24H2,1-4H3,(H,41,46)(H,42,47)(H,43,45)(H,48,49)/t33-,34-,36-,37?/m0/s1. The number of aliphatic hydroxyl groups is 1. The molecule has 4 atom stereocenters. The van der Waals surface area contributed by atoms with Gasteiger partial charge < -0.3 is 30.9 Å². The van der Waals surface area contributed by atoms with Crippen molar-refractivity contribution in [3.05, 3.63) is 119 Å². The lowest BCUT2D eigenvalue weighted by Crippen LogP contribution is -2.52. The molecule has 0 bridgehead atoms. The second kappa shape index (κ2) is 18.1. The summed E-state index contributed by atoms with van der Waals surface area (Å²) in [6.45, 7) is 7.87. The largest absolute Gasteiger partial charge is 0.478 e. The van der Waals surface area contributed by atoms with E-state index in [-0.39, 0.29) is 37.0 Å². The van der Waals surface area contributed by atoms with E-state index in [1.807, 2.05) is 86.6 Å². The maximum absolute atomic E-state index is 14.1. The molecule has 0 saturated carbocycles. The molecule has 0 heterocycles. The molecule has 0 fully saturated rings. The number of carboxylic acids is 1. The number of carbonyl (C=O) groups excluding carboxylic acids is 3. The number of fused-ring (bicyclic) bond motifs is 1. The van der Waals surface area contributed by atoms with Gasteiger partial charge in [0.15, 0.2) is 6.10 Å². The zero-order valence-corrected chi connectivity index (χ0v) is 29.0. The van der Waals surface area contributed by atoms with Crippen molar-refractivity contribution in [3.63, 3.8) is 0 Å². The Bertz CT molecular complexity index is 1740. The van der Waals surface area contributed by atoms with Gasteiger partial charge in [-0.2, -0.15) is 0 Å². The van der Waals surface area contributed by atoms with Gasteiger partial charge >= 0.3 is 5.97 Å². The highest BCUT2D eigenvalue weighted by atomic mass is 16.5. The van der Waals surface area contributed by atoms with Crippen LogP contribution in [0.5, 0.6) is 0 Å². The lowest BCUT2D eigenvalue weighted by atomic mass is 9.95. The van der Waals surface area contributed by atoms with E-state index in [0.717, 1.165) is 16.3 Å². The van der Waals surface area contributed by atoms with Gasteiger partial charge in [-0.25, -0.2) is 4.79 Å². The van der Waals surface area contributed by atoms with Crippen LogP contribution in [-0.2, 0) is 32.3 Å². The van der Waals surface area contributed by atoms with Crippen molar-refractivity contribution in [2.75, 3.05) is 0 Å². The summed E-state index contributed by atoms with van der Waals surface area (Å²) in [5.74, 6) is -2.60. The Hall–Kier alpha value is -5.06. The highest BCUT2D eigenvalue weighted by Gasteiger charge is 2.31. The molecule has 0 spiro atoms. The molecular formula is C40H47N3O7. The van der Waals surface area contributed by atoms with Crippen molar-refractivity contribution in [1.29, 1.82) is 0 Å². The molecule has 0 aliphatic heterocycles. The van der Waals surface area contributed by atoms with Crippen molar-refractivity contribution < 1.29 is 34.1 Å². The molecule has 0 saturated heterocycles. The molecular weight excluding hydrogens is 634 g/mol. The van der Waals surface area contributed by atoms with Gasteiger partial charge in [0.25, 0.3) is 5.91 Å². The summed E-state index contributed by atoms with van der Waals surface area (Å²) in [4.78, 5) is 51.5. The number of hydrogen-bond acceptors (Lipinski definition) is 6. The molecule has 0 aliphatic carbocycles. The van der Waals surface area contributed by atoms with Crippen LogP contribution in [0.2, 0.25) is 0 Å². The van der Waals surface area contributed by atoms with Crippen molar-refractivity contribution in [3.8, 4) is 0 Å². The summed E-state index contributed by atoms with van der Waals surface area (Å²) >= 11 is 0. The predicted octanol–water partition coefficient (Wildman–Crippen LogP) is 5.54. The number of nitrogens with one attached hydrogen (secondary N) is 3. The maximum atomic E-state index is 14.1. The summed E-state index contributed by atoms with van der Waals surface area (Å²) in [7, 11) is 0. The first-order valence-corrected chi connectivity index (χ1v) is 16.9. The molecule has 264 valence electrons. The van der Waals surface area contributed by atoms with Crippen LogP contribution in [0, 0.1) is 11.8 Å². The molecule has 4 aromatic rings. The fraction of sp³-hybridized carbons (Fsp3) is 0.350. The Kier molecular flexibility index (Phi) is 13.7. The highest BCUT2D eigenvalue weighted by molar-refractivity contribution is 5.92. The average Bonchev–Trinajstić information content (AvgIpc) is 3.09. The third-order valence-corrected chi connectivity index (χ3v) is 8.45. The van der Waals surface area contributed by atoms with Gasteiger partial charge in [-0.1, -0.05) is 113 Å². The molecule has 3 amide bonds. The third-order valence-electron chi connectivity index (χ3n) is 8.45. The lowest BCUT2D eigenvalue weighted by Gasteiger charge is -2.29. The first-order valence-electron chi connectivity index (χ1n) is 16.9. The summed E-state index contributed by atoms with van der Waals surface area (Å²) in [6.07, 6.45) is -2.18. The monoisotopic (exact) mass is 681 g/mol. The summed E-state index contributed by atoms with van der Waals surface area (Å²) in [5.41, 5.74) is 2.44. The minimum Gasteiger partial charge on any atom is -0.478 e. The Morgan fingerprint density at radius 2 is 1.40 bits per heavy atom. The van der Waals surface area contributed by atoms with E-state index in [1.54, 1.807) is 26.0 Å². The lowest BCUT2D eigenvalue weighted by molar-refractivity contribution is -0.137. The first-order chi connectivity index (χ1) is 23.9.